The third-order valence-corrected chi connectivity index (χ3v) is 7.90. The Morgan fingerprint density at radius 1 is 0.627 bits per heavy atom. The molecule has 0 spiro atoms. The van der Waals surface area contributed by atoms with Gasteiger partial charge < -0.3 is 30.9 Å². The maximum Gasteiger partial charge on any atom is 0.287 e. The smallest absolute Gasteiger partial charge is 0.287 e. The number of hydrogen-bond acceptors (Lipinski definition) is 12. The van der Waals surface area contributed by atoms with E-state index in [1.165, 1.54) is 29.5 Å². The minimum absolute atomic E-state index is 0.151. The topological polar surface area (TPSA) is 190 Å². The van der Waals surface area contributed by atoms with Crippen molar-refractivity contribution in [2.24, 2.45) is 0 Å². The third-order valence-electron chi connectivity index (χ3n) is 7.90. The van der Waals surface area contributed by atoms with Crippen LogP contribution in [-0.2, 0) is 19.7 Å². The lowest BCUT2D eigenvalue weighted by Crippen LogP contribution is -2.28. The van der Waals surface area contributed by atoms with Crippen LogP contribution in [-0.4, -0.2) is 44.8 Å². The molecule has 0 atom stereocenters. The summed E-state index contributed by atoms with van der Waals surface area (Å²) in [6.07, 6.45) is 2.71. The number of anilines is 2. The van der Waals surface area contributed by atoms with Crippen molar-refractivity contribution < 1.29 is 20.3 Å². The summed E-state index contributed by atoms with van der Waals surface area (Å²) in [5.41, 5.74) is 4.86. The largest absolute Gasteiger partial charge is 0.508 e. The predicted octanol–water partition coefficient (Wildman–Crippen LogP) is 4.70. The molecule has 0 aliphatic carbocycles. The number of phenolic OH excluding ortho intramolecular Hbond substituents is 2. The lowest BCUT2D eigenvalue weighted by Gasteiger charge is -2.15. The van der Waals surface area contributed by atoms with E-state index in [1.54, 1.807) is 43.3 Å². The van der Waals surface area contributed by atoms with E-state index in [2.05, 4.69) is 30.6 Å². The number of benzene rings is 3. The summed E-state index contributed by atoms with van der Waals surface area (Å²) in [5, 5.41) is 36.6. The van der Waals surface area contributed by atoms with Crippen LogP contribution in [0, 0.1) is 13.8 Å². The van der Waals surface area contributed by atoms with Crippen molar-refractivity contribution in [1.29, 1.82) is 0 Å². The molecular weight excluding hydrogens is 652 g/mol. The van der Waals surface area contributed by atoms with E-state index >= 15 is 0 Å². The van der Waals surface area contributed by atoms with Crippen LogP contribution in [0.5, 0.6) is 11.5 Å². The van der Waals surface area contributed by atoms with Gasteiger partial charge in [0, 0.05) is 25.2 Å². The molecule has 4 aromatic heterocycles. The van der Waals surface area contributed by atoms with Crippen molar-refractivity contribution in [3.8, 4) is 11.5 Å². The standard InChI is InChI=1S/C22H20N4O3.C15H14N4O3/c1-15-21-19(23-12-17-8-5-9-18(27)10-17)11-20(28)26(22(21)25-14-24-15)29-13-16-6-3-2-4-7-16;1-9-14-12(16-7-10-3-2-4-11(20)5-10)6-13(21)19(22)15(14)18-8-17-9/h2-11,14,23,27H,12-13H2,1H3;2-6,8,16,20,22H,7H2,1H3. The SMILES string of the molecule is Cc1ncnc2c1c(NCc1cccc(O)c1)cc(=O)n2O.Cc1ncnc2c1c(NCc1cccc(O)c1)cc(=O)n2OCc1ccccc1. The number of nitrogens with zero attached hydrogens (tertiary/aromatic N) is 6. The highest BCUT2D eigenvalue weighted by molar-refractivity contribution is 5.91. The molecule has 0 radical (unpaired) electrons. The van der Waals surface area contributed by atoms with Crippen molar-refractivity contribution in [1.82, 2.24) is 29.4 Å². The number of fused-ring (bicyclic) bond motifs is 2. The van der Waals surface area contributed by atoms with E-state index in [0.717, 1.165) is 22.4 Å². The van der Waals surface area contributed by atoms with E-state index in [9.17, 15) is 25.0 Å². The molecule has 14 heteroatoms. The predicted molar refractivity (Wildman–Crippen MR) is 192 cm³/mol. The highest BCUT2D eigenvalue weighted by Gasteiger charge is 2.15. The zero-order valence-electron chi connectivity index (χ0n) is 27.7. The second kappa shape index (κ2) is 15.1. The van der Waals surface area contributed by atoms with E-state index in [-0.39, 0.29) is 29.3 Å². The molecule has 4 heterocycles. The lowest BCUT2D eigenvalue weighted by molar-refractivity contribution is 0.0979. The maximum atomic E-state index is 12.7. The molecule has 0 fully saturated rings. The average molecular weight is 687 g/mol. The minimum atomic E-state index is -0.580. The first-order chi connectivity index (χ1) is 24.7. The van der Waals surface area contributed by atoms with Gasteiger partial charge in [0.25, 0.3) is 11.1 Å². The van der Waals surface area contributed by atoms with Gasteiger partial charge in [0.05, 0.1) is 33.5 Å². The summed E-state index contributed by atoms with van der Waals surface area (Å²) in [5.74, 6) is 0.368. The summed E-state index contributed by atoms with van der Waals surface area (Å²) in [6, 6.07) is 26.1. The summed E-state index contributed by atoms with van der Waals surface area (Å²) < 4.78 is 1.71. The Bertz CT molecular complexity index is 2450. The molecule has 0 saturated heterocycles. The second-order valence-electron chi connectivity index (χ2n) is 11.5. The molecule has 0 amide bonds. The molecule has 7 rings (SSSR count). The lowest BCUT2D eigenvalue weighted by atomic mass is 10.2. The number of aromatic hydroxyl groups is 2. The molecule has 51 heavy (non-hydrogen) atoms. The number of pyridine rings is 2. The monoisotopic (exact) mass is 686 g/mol. The molecule has 0 bridgehead atoms. The molecule has 0 saturated carbocycles. The van der Waals surface area contributed by atoms with Gasteiger partial charge in [0.1, 0.15) is 30.8 Å². The van der Waals surface area contributed by atoms with Crippen LogP contribution < -0.4 is 26.6 Å². The molecule has 0 aliphatic heterocycles. The Labute approximate surface area is 290 Å². The first-order valence-electron chi connectivity index (χ1n) is 15.8. The molecule has 3 aromatic carbocycles. The van der Waals surface area contributed by atoms with Gasteiger partial charge in [-0.3, -0.25) is 9.59 Å². The molecule has 0 unspecified atom stereocenters. The van der Waals surface area contributed by atoms with Gasteiger partial charge >= 0.3 is 0 Å². The van der Waals surface area contributed by atoms with Crippen LogP contribution in [0.15, 0.2) is 113 Å². The van der Waals surface area contributed by atoms with Gasteiger partial charge in [0.15, 0.2) is 11.3 Å². The van der Waals surface area contributed by atoms with Crippen molar-refractivity contribution in [2.45, 2.75) is 33.5 Å². The Morgan fingerprint density at radius 3 is 1.71 bits per heavy atom. The zero-order chi connectivity index (χ0) is 35.9. The van der Waals surface area contributed by atoms with E-state index < -0.39 is 5.56 Å². The maximum absolute atomic E-state index is 12.7. The number of nitrogens with one attached hydrogen (secondary N) is 2. The fourth-order valence-corrected chi connectivity index (χ4v) is 5.43. The van der Waals surface area contributed by atoms with Crippen LogP contribution in [0.25, 0.3) is 22.1 Å². The van der Waals surface area contributed by atoms with Crippen LogP contribution >= 0.6 is 0 Å². The molecule has 7 aromatic rings. The molecule has 0 aliphatic rings. The first-order valence-corrected chi connectivity index (χ1v) is 15.8. The number of hydrogen-bond donors (Lipinski definition) is 5. The Morgan fingerprint density at radius 2 is 1.14 bits per heavy atom. The molecular formula is C37H34N8O6. The van der Waals surface area contributed by atoms with Crippen molar-refractivity contribution >= 4 is 33.4 Å². The van der Waals surface area contributed by atoms with Gasteiger partial charge in [-0.2, -0.15) is 0 Å². The minimum Gasteiger partial charge on any atom is -0.508 e. The summed E-state index contributed by atoms with van der Waals surface area (Å²) in [6.45, 7) is 4.72. The highest BCUT2D eigenvalue weighted by Crippen LogP contribution is 2.24. The number of aromatic nitrogens is 6. The first kappa shape index (κ1) is 33.9. The zero-order valence-corrected chi connectivity index (χ0v) is 27.7. The van der Waals surface area contributed by atoms with Crippen molar-refractivity contribution in [3.05, 3.63) is 152 Å². The number of rotatable bonds is 9. The van der Waals surface area contributed by atoms with Gasteiger partial charge in [-0.05, 0) is 54.8 Å². The van der Waals surface area contributed by atoms with Crippen LogP contribution in [0.1, 0.15) is 28.1 Å². The Balaban J connectivity index is 0.000000183. The van der Waals surface area contributed by atoms with Crippen molar-refractivity contribution in [2.75, 3.05) is 10.6 Å². The third kappa shape index (κ3) is 7.86. The van der Waals surface area contributed by atoms with E-state index in [4.69, 9.17) is 4.84 Å². The Hall–Kier alpha value is -6.96. The van der Waals surface area contributed by atoms with Gasteiger partial charge in [-0.1, -0.05) is 54.6 Å². The second-order valence-corrected chi connectivity index (χ2v) is 11.5. The summed E-state index contributed by atoms with van der Waals surface area (Å²) >= 11 is 0. The van der Waals surface area contributed by atoms with Crippen LogP contribution in [0.3, 0.4) is 0 Å². The fourth-order valence-electron chi connectivity index (χ4n) is 5.43. The van der Waals surface area contributed by atoms with E-state index in [1.807, 2.05) is 49.4 Å². The molecule has 258 valence electrons. The van der Waals surface area contributed by atoms with Crippen LogP contribution in [0.4, 0.5) is 11.4 Å². The number of phenols is 2. The highest BCUT2D eigenvalue weighted by atomic mass is 16.7. The van der Waals surface area contributed by atoms with Crippen molar-refractivity contribution in [3.63, 3.8) is 0 Å². The van der Waals surface area contributed by atoms with Gasteiger partial charge in [-0.25, -0.2) is 19.9 Å². The van der Waals surface area contributed by atoms with E-state index in [0.29, 0.717) is 51.3 Å². The fraction of sp³-hybridized carbons (Fsp3) is 0.135. The van der Waals surface area contributed by atoms with Gasteiger partial charge in [-0.15, -0.1) is 9.46 Å². The van der Waals surface area contributed by atoms with Crippen LogP contribution in [0.2, 0.25) is 0 Å². The number of aryl methyl sites for hydroxylation is 2. The summed E-state index contributed by atoms with van der Waals surface area (Å²) in [4.78, 5) is 46.9. The summed E-state index contributed by atoms with van der Waals surface area (Å²) in [7, 11) is 0. The van der Waals surface area contributed by atoms with Gasteiger partial charge in [0.2, 0.25) is 0 Å². The molecule has 14 nitrogen and oxygen atoms in total. The Kier molecular flexibility index (Phi) is 10.0. The normalized spacial score (nSPS) is 10.8. The quantitative estimate of drug-likeness (QED) is 0.132. The average Bonchev–Trinajstić information content (AvgIpc) is 3.12. The molecule has 5 N–H and O–H groups in total.